The van der Waals surface area contributed by atoms with E-state index in [4.69, 9.17) is 18.0 Å². The first kappa shape index (κ1) is 16.8. The van der Waals surface area contributed by atoms with E-state index in [1.165, 1.54) is 4.31 Å². The molecule has 7 nitrogen and oxygen atoms in total. The van der Waals surface area contributed by atoms with E-state index in [0.717, 1.165) is 6.26 Å². The number of thiocarbonyl (C=S) groups is 1. The molecule has 0 atom stereocenters. The van der Waals surface area contributed by atoms with Gasteiger partial charge in [0.2, 0.25) is 10.0 Å². The van der Waals surface area contributed by atoms with Gasteiger partial charge in [0.25, 0.3) is 0 Å². The van der Waals surface area contributed by atoms with Gasteiger partial charge in [0, 0.05) is 39.0 Å². The van der Waals surface area contributed by atoms with Crippen molar-refractivity contribution in [1.82, 2.24) is 9.21 Å². The number of hydrogen-bond acceptors (Lipinski definition) is 6. The summed E-state index contributed by atoms with van der Waals surface area (Å²) >= 11 is 4.80. The maximum absolute atomic E-state index is 12.0. The van der Waals surface area contributed by atoms with Gasteiger partial charge in [-0.05, 0) is 0 Å². The normalized spacial score (nSPS) is 19.4. The second-order valence-corrected chi connectivity index (χ2v) is 9.46. The molecule has 2 N–H and O–H groups in total. The molecule has 1 aliphatic heterocycles. The molecule has 1 fully saturated rings. The van der Waals surface area contributed by atoms with Crippen LogP contribution in [0.5, 0.6) is 0 Å². The summed E-state index contributed by atoms with van der Waals surface area (Å²) in [5, 5.41) is 0. The van der Waals surface area contributed by atoms with E-state index in [0.29, 0.717) is 37.7 Å². The average molecular weight is 329 g/mol. The van der Waals surface area contributed by atoms with Gasteiger partial charge in [-0.25, -0.2) is 16.8 Å². The fourth-order valence-electron chi connectivity index (χ4n) is 1.77. The van der Waals surface area contributed by atoms with Crippen LogP contribution in [0.1, 0.15) is 0 Å². The molecule has 0 bridgehead atoms. The molecule has 19 heavy (non-hydrogen) atoms. The van der Waals surface area contributed by atoms with E-state index < -0.39 is 19.9 Å². The fraction of sp³-hybridized carbons (Fsp3) is 0.889. The minimum Gasteiger partial charge on any atom is -0.392 e. The van der Waals surface area contributed by atoms with Crippen LogP contribution in [0.25, 0.3) is 0 Å². The van der Waals surface area contributed by atoms with Gasteiger partial charge in [-0.1, -0.05) is 12.2 Å². The van der Waals surface area contributed by atoms with Crippen LogP contribution in [-0.2, 0) is 19.9 Å². The summed E-state index contributed by atoms with van der Waals surface area (Å²) in [5.41, 5.74) is 5.43. The number of sulfonamides is 1. The van der Waals surface area contributed by atoms with Crippen molar-refractivity contribution < 1.29 is 16.8 Å². The molecule has 0 aromatic heterocycles. The Hall–Kier alpha value is -0.290. The lowest BCUT2D eigenvalue weighted by molar-refractivity contribution is 0.210. The first-order chi connectivity index (χ1) is 8.60. The van der Waals surface area contributed by atoms with Crippen LogP contribution in [0.4, 0.5) is 0 Å². The van der Waals surface area contributed by atoms with E-state index in [9.17, 15) is 16.8 Å². The molecule has 0 aromatic rings. The molecule has 1 heterocycles. The van der Waals surface area contributed by atoms with Crippen LogP contribution in [0.3, 0.4) is 0 Å². The second kappa shape index (κ2) is 6.44. The molecule has 1 saturated heterocycles. The Morgan fingerprint density at radius 1 is 1.11 bits per heavy atom. The number of rotatable bonds is 6. The summed E-state index contributed by atoms with van der Waals surface area (Å²) in [4.78, 5) is 2.36. The number of hydrogen-bond donors (Lipinski definition) is 1. The van der Waals surface area contributed by atoms with Crippen molar-refractivity contribution in [2.24, 2.45) is 5.73 Å². The van der Waals surface area contributed by atoms with Crippen LogP contribution in [0, 0.1) is 0 Å². The minimum atomic E-state index is -3.51. The van der Waals surface area contributed by atoms with Gasteiger partial charge in [-0.2, -0.15) is 4.31 Å². The first-order valence-corrected chi connectivity index (χ1v) is 9.84. The third-order valence-electron chi connectivity index (χ3n) is 2.82. The van der Waals surface area contributed by atoms with Gasteiger partial charge in [-0.3, -0.25) is 4.90 Å². The maximum atomic E-state index is 12.0. The third kappa shape index (κ3) is 6.13. The number of nitrogens with zero attached hydrogens (tertiary/aromatic N) is 2. The summed E-state index contributed by atoms with van der Waals surface area (Å²) < 4.78 is 47.3. The highest BCUT2D eigenvalue weighted by atomic mass is 32.2. The largest absolute Gasteiger partial charge is 0.392 e. The maximum Gasteiger partial charge on any atom is 0.215 e. The Bertz CT molecular complexity index is 521. The standard InChI is InChI=1S/C9H19N3O4S3/c1-18(13,14)6-7-19(15,16)12-4-2-11(3-5-12)8-9(10)17/h2-8H2,1H3,(H2,10,17). The van der Waals surface area contributed by atoms with Crippen molar-refractivity contribution in [3.05, 3.63) is 0 Å². The Morgan fingerprint density at radius 2 is 1.63 bits per heavy atom. The van der Waals surface area contributed by atoms with Gasteiger partial charge in [0.1, 0.15) is 9.84 Å². The summed E-state index contributed by atoms with van der Waals surface area (Å²) in [6.07, 6.45) is 1.03. The molecule has 0 amide bonds. The SMILES string of the molecule is CS(=O)(=O)CCS(=O)(=O)N1CCN(CC(N)=S)CC1. The van der Waals surface area contributed by atoms with Crippen molar-refractivity contribution in [3.63, 3.8) is 0 Å². The highest BCUT2D eigenvalue weighted by molar-refractivity contribution is 7.93. The molecule has 1 aliphatic rings. The Morgan fingerprint density at radius 3 is 2.05 bits per heavy atom. The molecule has 1 rings (SSSR count). The molecule has 0 spiro atoms. The Kier molecular flexibility index (Phi) is 5.68. The van der Waals surface area contributed by atoms with E-state index in [2.05, 4.69) is 0 Å². The highest BCUT2D eigenvalue weighted by Gasteiger charge is 2.27. The fourth-order valence-corrected chi connectivity index (χ4v) is 4.99. The number of sulfone groups is 1. The van der Waals surface area contributed by atoms with Crippen LogP contribution < -0.4 is 5.73 Å². The van der Waals surface area contributed by atoms with Crippen LogP contribution >= 0.6 is 12.2 Å². The van der Waals surface area contributed by atoms with Gasteiger partial charge >= 0.3 is 0 Å². The van der Waals surface area contributed by atoms with E-state index >= 15 is 0 Å². The minimum absolute atomic E-state index is 0.342. The van der Waals surface area contributed by atoms with Crippen molar-refractivity contribution in [1.29, 1.82) is 0 Å². The van der Waals surface area contributed by atoms with E-state index in [1.807, 2.05) is 4.90 Å². The van der Waals surface area contributed by atoms with Crippen LogP contribution in [0.2, 0.25) is 0 Å². The van der Waals surface area contributed by atoms with Crippen LogP contribution in [-0.4, -0.2) is 81.5 Å². The highest BCUT2D eigenvalue weighted by Crippen LogP contribution is 2.08. The molecular formula is C9H19N3O4S3. The quantitative estimate of drug-likeness (QED) is 0.578. The lowest BCUT2D eigenvalue weighted by Gasteiger charge is -2.33. The predicted octanol–water partition coefficient (Wildman–Crippen LogP) is -1.74. The van der Waals surface area contributed by atoms with E-state index in [-0.39, 0.29) is 11.5 Å². The number of piperazine rings is 1. The van der Waals surface area contributed by atoms with Crippen molar-refractivity contribution in [2.45, 2.75) is 0 Å². The molecule has 0 radical (unpaired) electrons. The van der Waals surface area contributed by atoms with Gasteiger partial charge in [0.05, 0.1) is 16.5 Å². The molecule has 10 heteroatoms. The average Bonchev–Trinajstić information content (AvgIpc) is 2.26. The van der Waals surface area contributed by atoms with E-state index in [1.54, 1.807) is 0 Å². The van der Waals surface area contributed by atoms with Gasteiger partial charge < -0.3 is 5.73 Å². The van der Waals surface area contributed by atoms with Crippen molar-refractivity contribution >= 4 is 37.1 Å². The molecular weight excluding hydrogens is 310 g/mol. The third-order valence-corrected chi connectivity index (χ3v) is 6.02. The molecule has 0 saturated carbocycles. The zero-order chi connectivity index (χ0) is 14.7. The second-order valence-electron chi connectivity index (χ2n) is 4.59. The lowest BCUT2D eigenvalue weighted by atomic mass is 10.3. The lowest BCUT2D eigenvalue weighted by Crippen LogP contribution is -2.51. The number of nitrogens with two attached hydrogens (primary N) is 1. The smallest absolute Gasteiger partial charge is 0.215 e. The summed E-state index contributed by atoms with van der Waals surface area (Å²) in [7, 11) is -6.78. The molecule has 112 valence electrons. The van der Waals surface area contributed by atoms with Crippen LogP contribution in [0.15, 0.2) is 0 Å². The topological polar surface area (TPSA) is 101 Å². The monoisotopic (exact) mass is 329 g/mol. The molecule has 0 unspecified atom stereocenters. The Labute approximate surface area is 119 Å². The van der Waals surface area contributed by atoms with Gasteiger partial charge in [0.15, 0.2) is 0 Å². The van der Waals surface area contributed by atoms with Gasteiger partial charge in [-0.15, -0.1) is 0 Å². The zero-order valence-electron chi connectivity index (χ0n) is 10.8. The first-order valence-electron chi connectivity index (χ1n) is 5.76. The predicted molar refractivity (Wildman–Crippen MR) is 78.3 cm³/mol. The Balaban J connectivity index is 2.52. The molecule has 0 aliphatic carbocycles. The summed E-state index contributed by atoms with van der Waals surface area (Å²) in [6, 6.07) is 0. The van der Waals surface area contributed by atoms with Crippen molar-refractivity contribution in [3.8, 4) is 0 Å². The summed E-state index contributed by atoms with van der Waals surface area (Å²) in [5.74, 6) is -0.705. The van der Waals surface area contributed by atoms with Crippen molar-refractivity contribution in [2.75, 3.05) is 50.5 Å². The molecule has 0 aromatic carbocycles. The zero-order valence-corrected chi connectivity index (χ0v) is 13.2. The summed E-state index contributed by atoms with van der Waals surface area (Å²) in [6.45, 7) is 2.26.